The summed E-state index contributed by atoms with van der Waals surface area (Å²) in [5.41, 5.74) is 2.68. The molecule has 1 aromatic carbocycles. The fraction of sp³-hybridized carbons (Fsp3) is 0.308. The molecule has 0 aliphatic heterocycles. The Hall–Kier alpha value is -2.15. The van der Waals surface area contributed by atoms with Crippen molar-refractivity contribution >= 4 is 22.6 Å². The lowest BCUT2D eigenvalue weighted by molar-refractivity contribution is 0.356. The molecule has 7 heteroatoms. The predicted octanol–water partition coefficient (Wildman–Crippen LogP) is 2.66. The average molecular weight is 290 g/mol. The molecule has 0 bridgehead atoms. The van der Waals surface area contributed by atoms with Crippen LogP contribution in [-0.2, 0) is 6.42 Å². The number of benzene rings is 1. The summed E-state index contributed by atoms with van der Waals surface area (Å²) in [6, 6.07) is 3.74. The molecule has 0 amide bonds. The van der Waals surface area contributed by atoms with Gasteiger partial charge in [0.15, 0.2) is 17.3 Å². The highest BCUT2D eigenvalue weighted by Gasteiger charge is 2.15. The van der Waals surface area contributed by atoms with E-state index in [1.165, 1.54) is 11.5 Å². The Morgan fingerprint density at radius 3 is 2.65 bits per heavy atom. The summed E-state index contributed by atoms with van der Waals surface area (Å²) in [4.78, 5) is 8.84. The monoisotopic (exact) mass is 290 g/mol. The number of aromatic nitrogens is 4. The normalized spacial score (nSPS) is 10.9. The van der Waals surface area contributed by atoms with Gasteiger partial charge in [-0.25, -0.2) is 4.98 Å². The Morgan fingerprint density at radius 1 is 1.20 bits per heavy atom. The van der Waals surface area contributed by atoms with Crippen LogP contribution in [0.4, 0.5) is 0 Å². The number of imidazole rings is 1. The molecule has 104 valence electrons. The van der Waals surface area contributed by atoms with E-state index in [1.54, 1.807) is 14.2 Å². The van der Waals surface area contributed by atoms with E-state index in [9.17, 15) is 0 Å². The van der Waals surface area contributed by atoms with E-state index in [1.807, 2.05) is 12.1 Å². The molecule has 0 fully saturated rings. The van der Waals surface area contributed by atoms with Crippen molar-refractivity contribution in [3.63, 3.8) is 0 Å². The van der Waals surface area contributed by atoms with Crippen LogP contribution in [0, 0.1) is 0 Å². The van der Waals surface area contributed by atoms with Crippen LogP contribution >= 0.6 is 11.5 Å². The first-order chi connectivity index (χ1) is 9.76. The highest BCUT2D eigenvalue weighted by Crippen LogP contribution is 2.33. The second-order valence-electron chi connectivity index (χ2n) is 4.21. The summed E-state index contributed by atoms with van der Waals surface area (Å²) in [6.45, 7) is 2.05. The molecule has 0 aliphatic rings. The topological polar surface area (TPSA) is 72.9 Å². The van der Waals surface area contributed by atoms with Gasteiger partial charge in [0.2, 0.25) is 0 Å². The van der Waals surface area contributed by atoms with Gasteiger partial charge in [0.05, 0.1) is 30.9 Å². The van der Waals surface area contributed by atoms with Gasteiger partial charge in [-0.2, -0.15) is 0 Å². The first kappa shape index (κ1) is 12.9. The number of nitrogens with zero attached hydrogens (tertiary/aromatic N) is 3. The van der Waals surface area contributed by atoms with Gasteiger partial charge < -0.3 is 14.5 Å². The first-order valence-electron chi connectivity index (χ1n) is 6.20. The number of rotatable bonds is 4. The third-order valence-corrected chi connectivity index (χ3v) is 3.87. The van der Waals surface area contributed by atoms with E-state index in [0.29, 0.717) is 11.5 Å². The minimum atomic E-state index is 0.663. The lowest BCUT2D eigenvalue weighted by Gasteiger charge is -2.06. The Morgan fingerprint density at radius 2 is 1.95 bits per heavy atom. The highest BCUT2D eigenvalue weighted by atomic mass is 32.1. The smallest absolute Gasteiger partial charge is 0.163 e. The largest absolute Gasteiger partial charge is 0.493 e. The van der Waals surface area contributed by atoms with Crippen LogP contribution in [0.1, 0.15) is 12.6 Å². The second-order valence-corrected chi connectivity index (χ2v) is 4.97. The van der Waals surface area contributed by atoms with Crippen molar-refractivity contribution in [3.8, 4) is 22.2 Å². The van der Waals surface area contributed by atoms with Gasteiger partial charge in [0, 0.05) is 12.1 Å². The summed E-state index contributed by atoms with van der Waals surface area (Å²) >= 11 is 1.35. The van der Waals surface area contributed by atoms with Crippen LogP contribution in [0.25, 0.3) is 21.7 Å². The van der Waals surface area contributed by atoms with Crippen molar-refractivity contribution in [2.24, 2.45) is 0 Å². The van der Waals surface area contributed by atoms with E-state index in [0.717, 1.165) is 33.8 Å². The van der Waals surface area contributed by atoms with Gasteiger partial charge in [0.1, 0.15) is 4.88 Å². The third-order valence-electron chi connectivity index (χ3n) is 3.09. The Labute approximate surface area is 119 Å². The van der Waals surface area contributed by atoms with E-state index in [-0.39, 0.29) is 0 Å². The van der Waals surface area contributed by atoms with Crippen LogP contribution in [0.15, 0.2) is 12.1 Å². The number of methoxy groups -OCH3 is 2. The lowest BCUT2D eigenvalue weighted by Crippen LogP contribution is -1.89. The molecule has 0 unspecified atom stereocenters. The van der Waals surface area contributed by atoms with Gasteiger partial charge in [0.25, 0.3) is 0 Å². The minimum Gasteiger partial charge on any atom is -0.493 e. The maximum atomic E-state index is 5.29. The standard InChI is InChI=1S/C13H14N4O2S/c1-4-7-12(20-17-16-7)13-14-8-5-10(18-2)11(19-3)6-9(8)15-13/h5-6H,4H2,1-3H3,(H,14,15). The van der Waals surface area contributed by atoms with Crippen LogP contribution in [0.3, 0.4) is 0 Å². The quantitative estimate of drug-likeness (QED) is 0.799. The van der Waals surface area contributed by atoms with Crippen molar-refractivity contribution in [2.75, 3.05) is 14.2 Å². The SMILES string of the molecule is CCc1nnsc1-c1nc2cc(OC)c(OC)cc2[nH]1. The number of H-pyrrole nitrogens is 1. The molecule has 20 heavy (non-hydrogen) atoms. The van der Waals surface area contributed by atoms with Crippen molar-refractivity contribution in [1.82, 2.24) is 19.6 Å². The molecule has 0 aliphatic carbocycles. The van der Waals surface area contributed by atoms with Gasteiger partial charge in [-0.3, -0.25) is 0 Å². The third kappa shape index (κ3) is 2.00. The summed E-state index contributed by atoms with van der Waals surface area (Å²) in [5.74, 6) is 2.12. The number of nitrogens with one attached hydrogen (secondary N) is 1. The van der Waals surface area contributed by atoms with Crippen LogP contribution in [0.2, 0.25) is 0 Å². The summed E-state index contributed by atoms with van der Waals surface area (Å²) in [5, 5.41) is 4.11. The van der Waals surface area contributed by atoms with Crippen molar-refractivity contribution in [3.05, 3.63) is 17.8 Å². The summed E-state index contributed by atoms with van der Waals surface area (Å²) < 4.78 is 14.6. The molecule has 2 heterocycles. The van der Waals surface area contributed by atoms with E-state index < -0.39 is 0 Å². The molecule has 0 saturated carbocycles. The summed E-state index contributed by atoms with van der Waals surface area (Å²) in [6.07, 6.45) is 0.829. The van der Waals surface area contributed by atoms with E-state index in [2.05, 4.69) is 26.5 Å². The molecular formula is C13H14N4O2S. The number of aromatic amines is 1. The zero-order chi connectivity index (χ0) is 14.1. The number of aryl methyl sites for hydroxylation is 1. The predicted molar refractivity (Wildman–Crippen MR) is 77.5 cm³/mol. The zero-order valence-electron chi connectivity index (χ0n) is 11.4. The lowest BCUT2D eigenvalue weighted by atomic mass is 10.3. The molecule has 3 rings (SSSR count). The fourth-order valence-corrected chi connectivity index (χ4v) is 2.76. The Kier molecular flexibility index (Phi) is 3.27. The van der Waals surface area contributed by atoms with Crippen molar-refractivity contribution < 1.29 is 9.47 Å². The Balaban J connectivity index is 2.15. The molecule has 0 spiro atoms. The molecule has 6 nitrogen and oxygen atoms in total. The number of hydrogen-bond donors (Lipinski definition) is 1. The van der Waals surface area contributed by atoms with Gasteiger partial charge in [-0.15, -0.1) is 5.10 Å². The van der Waals surface area contributed by atoms with Gasteiger partial charge in [-0.05, 0) is 18.0 Å². The molecule has 1 N–H and O–H groups in total. The van der Waals surface area contributed by atoms with Gasteiger partial charge in [-0.1, -0.05) is 11.4 Å². The number of ether oxygens (including phenoxy) is 2. The second kappa shape index (κ2) is 5.09. The Bertz CT molecular complexity index is 709. The van der Waals surface area contributed by atoms with Crippen LogP contribution in [-0.4, -0.2) is 33.8 Å². The molecular weight excluding hydrogens is 276 g/mol. The fourth-order valence-electron chi connectivity index (χ4n) is 2.06. The minimum absolute atomic E-state index is 0.663. The molecule has 3 aromatic rings. The number of hydrogen-bond acceptors (Lipinski definition) is 6. The van der Waals surface area contributed by atoms with Crippen LogP contribution in [0.5, 0.6) is 11.5 Å². The first-order valence-corrected chi connectivity index (χ1v) is 6.97. The van der Waals surface area contributed by atoms with Gasteiger partial charge >= 0.3 is 0 Å². The van der Waals surface area contributed by atoms with Crippen molar-refractivity contribution in [2.45, 2.75) is 13.3 Å². The highest BCUT2D eigenvalue weighted by molar-refractivity contribution is 7.09. The maximum Gasteiger partial charge on any atom is 0.163 e. The zero-order valence-corrected chi connectivity index (χ0v) is 12.2. The van der Waals surface area contributed by atoms with Crippen LogP contribution < -0.4 is 9.47 Å². The molecule has 0 atom stereocenters. The van der Waals surface area contributed by atoms with E-state index in [4.69, 9.17) is 9.47 Å². The van der Waals surface area contributed by atoms with E-state index >= 15 is 0 Å². The van der Waals surface area contributed by atoms with Crippen molar-refractivity contribution in [1.29, 1.82) is 0 Å². The molecule has 2 aromatic heterocycles. The number of fused-ring (bicyclic) bond motifs is 1. The average Bonchev–Trinajstić information content (AvgIpc) is 3.10. The molecule has 0 saturated heterocycles. The summed E-state index contributed by atoms with van der Waals surface area (Å²) in [7, 11) is 3.23. The molecule has 0 radical (unpaired) electrons. The maximum absolute atomic E-state index is 5.29.